The quantitative estimate of drug-likeness (QED) is 0.722. The zero-order valence-electron chi connectivity index (χ0n) is 10.4. The maximum Gasteiger partial charge on any atom is 0.140 e. The first-order chi connectivity index (χ1) is 9.24. The normalized spacial score (nSPS) is 10.8. The van der Waals surface area contributed by atoms with E-state index in [1.165, 1.54) is 0 Å². The highest BCUT2D eigenvalue weighted by Gasteiger charge is 2.10. The van der Waals surface area contributed by atoms with Gasteiger partial charge in [0, 0.05) is 23.6 Å². The highest BCUT2D eigenvalue weighted by molar-refractivity contribution is 5.61. The minimum atomic E-state index is 0.569. The van der Waals surface area contributed by atoms with E-state index >= 15 is 0 Å². The Morgan fingerprint density at radius 2 is 2.21 bits per heavy atom. The summed E-state index contributed by atoms with van der Waals surface area (Å²) >= 11 is 0. The van der Waals surface area contributed by atoms with E-state index in [9.17, 15) is 0 Å². The number of nitrogens with two attached hydrogens (primary N) is 1. The van der Waals surface area contributed by atoms with Gasteiger partial charge in [-0.05, 0) is 19.1 Å². The van der Waals surface area contributed by atoms with Crippen LogP contribution in [0.4, 0.5) is 5.69 Å². The number of rotatable bonds is 3. The topological polar surface area (TPSA) is 82.8 Å². The largest absolute Gasteiger partial charge is 0.399 e. The van der Waals surface area contributed by atoms with Crippen LogP contribution in [0.5, 0.6) is 0 Å². The van der Waals surface area contributed by atoms with Crippen molar-refractivity contribution in [1.29, 1.82) is 0 Å². The lowest BCUT2D eigenvalue weighted by atomic mass is 10.2. The molecule has 0 spiro atoms. The zero-order valence-corrected chi connectivity index (χ0v) is 10.4. The third-order valence-corrected chi connectivity index (χ3v) is 2.93. The predicted octanol–water partition coefficient (Wildman–Crippen LogP) is 1.87. The molecule has 0 atom stereocenters. The monoisotopic (exact) mass is 255 g/mol. The fourth-order valence-corrected chi connectivity index (χ4v) is 1.93. The third kappa shape index (κ3) is 2.20. The first kappa shape index (κ1) is 11.5. The molecule has 2 aromatic heterocycles. The number of aryl methyl sites for hydroxylation is 1. The van der Waals surface area contributed by atoms with Crippen LogP contribution in [0.15, 0.2) is 41.3 Å². The van der Waals surface area contributed by atoms with Crippen LogP contribution >= 0.6 is 0 Å². The van der Waals surface area contributed by atoms with E-state index in [1.54, 1.807) is 6.20 Å². The molecule has 0 aliphatic heterocycles. The second-order valence-corrected chi connectivity index (χ2v) is 4.30. The Balaban J connectivity index is 1.97. The third-order valence-electron chi connectivity index (χ3n) is 2.93. The minimum Gasteiger partial charge on any atom is -0.399 e. The second-order valence-electron chi connectivity index (χ2n) is 4.30. The molecular weight excluding hydrogens is 242 g/mol. The molecule has 0 aliphatic carbocycles. The summed E-state index contributed by atoms with van der Waals surface area (Å²) in [5.74, 6) is 0.842. The van der Waals surface area contributed by atoms with E-state index in [2.05, 4.69) is 15.3 Å². The molecular formula is C13H13N5O. The van der Waals surface area contributed by atoms with E-state index < -0.39 is 0 Å². The molecule has 2 N–H and O–H groups in total. The number of anilines is 1. The smallest absolute Gasteiger partial charge is 0.140 e. The maximum absolute atomic E-state index is 5.80. The summed E-state index contributed by atoms with van der Waals surface area (Å²) in [5.41, 5.74) is 9.07. The number of hydrogen-bond acceptors (Lipinski definition) is 5. The van der Waals surface area contributed by atoms with Crippen LogP contribution in [0.3, 0.4) is 0 Å². The molecule has 1 aromatic carbocycles. The summed E-state index contributed by atoms with van der Waals surface area (Å²) in [6.07, 6.45) is 3.65. The first-order valence-electron chi connectivity index (χ1n) is 5.89. The van der Waals surface area contributed by atoms with Gasteiger partial charge in [0.2, 0.25) is 0 Å². The molecule has 19 heavy (non-hydrogen) atoms. The summed E-state index contributed by atoms with van der Waals surface area (Å²) in [7, 11) is 0. The van der Waals surface area contributed by atoms with Gasteiger partial charge in [-0.25, -0.2) is 9.61 Å². The maximum atomic E-state index is 5.80. The van der Waals surface area contributed by atoms with E-state index in [0.29, 0.717) is 12.2 Å². The van der Waals surface area contributed by atoms with Crippen LogP contribution in [-0.4, -0.2) is 19.9 Å². The summed E-state index contributed by atoms with van der Waals surface area (Å²) in [4.78, 5) is 4.37. The standard InChI is InChI=1S/C13H13N5O/c1-9-12(17-19-16-9)8-18-6-5-15-13(18)10-3-2-4-11(14)7-10/h2-7H,8,14H2,1H3. The highest BCUT2D eigenvalue weighted by Crippen LogP contribution is 2.20. The molecule has 6 heteroatoms. The molecule has 3 aromatic rings. The number of nitrogens with zero attached hydrogens (tertiary/aromatic N) is 4. The van der Waals surface area contributed by atoms with Gasteiger partial charge in [0.15, 0.2) is 0 Å². The molecule has 2 heterocycles. The average Bonchev–Trinajstić information content (AvgIpc) is 3.00. The van der Waals surface area contributed by atoms with Crippen LogP contribution < -0.4 is 5.73 Å². The van der Waals surface area contributed by atoms with Gasteiger partial charge >= 0.3 is 0 Å². The van der Waals surface area contributed by atoms with E-state index in [1.807, 2.05) is 42.0 Å². The van der Waals surface area contributed by atoms with Crippen molar-refractivity contribution in [2.24, 2.45) is 0 Å². The molecule has 0 amide bonds. The van der Waals surface area contributed by atoms with Crippen LogP contribution in [0.25, 0.3) is 11.4 Å². The lowest BCUT2D eigenvalue weighted by Crippen LogP contribution is -2.03. The van der Waals surface area contributed by atoms with Gasteiger partial charge in [0.25, 0.3) is 0 Å². The van der Waals surface area contributed by atoms with Crippen molar-refractivity contribution < 1.29 is 4.63 Å². The fraction of sp³-hybridized carbons (Fsp3) is 0.154. The Morgan fingerprint density at radius 3 is 2.95 bits per heavy atom. The first-order valence-corrected chi connectivity index (χ1v) is 5.89. The number of nitrogen functional groups attached to an aromatic ring is 1. The van der Waals surface area contributed by atoms with Crippen molar-refractivity contribution in [1.82, 2.24) is 19.9 Å². The Kier molecular flexibility index (Phi) is 2.75. The van der Waals surface area contributed by atoms with Crippen molar-refractivity contribution in [2.75, 3.05) is 5.73 Å². The van der Waals surface area contributed by atoms with Crippen molar-refractivity contribution >= 4 is 5.69 Å². The van der Waals surface area contributed by atoms with Gasteiger partial charge in [0.1, 0.15) is 17.2 Å². The number of aromatic nitrogens is 4. The van der Waals surface area contributed by atoms with Crippen molar-refractivity contribution in [3.8, 4) is 11.4 Å². The molecule has 0 saturated heterocycles. The molecule has 0 radical (unpaired) electrons. The van der Waals surface area contributed by atoms with Gasteiger partial charge in [-0.1, -0.05) is 22.4 Å². The summed E-state index contributed by atoms with van der Waals surface area (Å²) in [6, 6.07) is 7.63. The van der Waals surface area contributed by atoms with Crippen LogP contribution in [0.1, 0.15) is 11.4 Å². The Bertz CT molecular complexity index is 700. The molecule has 0 aliphatic rings. The molecule has 6 nitrogen and oxygen atoms in total. The average molecular weight is 255 g/mol. The van der Waals surface area contributed by atoms with E-state index in [4.69, 9.17) is 10.4 Å². The van der Waals surface area contributed by atoms with Gasteiger partial charge < -0.3 is 10.3 Å². The van der Waals surface area contributed by atoms with Gasteiger partial charge in [-0.2, -0.15) is 0 Å². The van der Waals surface area contributed by atoms with E-state index in [0.717, 1.165) is 22.8 Å². The highest BCUT2D eigenvalue weighted by atomic mass is 16.6. The lowest BCUT2D eigenvalue weighted by molar-refractivity contribution is 0.300. The Labute approximate surface area is 109 Å². The zero-order chi connectivity index (χ0) is 13.2. The molecule has 0 unspecified atom stereocenters. The summed E-state index contributed by atoms with van der Waals surface area (Å²) < 4.78 is 6.69. The van der Waals surface area contributed by atoms with Crippen molar-refractivity contribution in [3.05, 3.63) is 48.0 Å². The number of imidazole rings is 1. The van der Waals surface area contributed by atoms with Crippen LogP contribution in [-0.2, 0) is 6.54 Å². The van der Waals surface area contributed by atoms with E-state index in [-0.39, 0.29) is 0 Å². The SMILES string of the molecule is Cc1nonc1Cn1ccnc1-c1cccc(N)c1. The van der Waals surface area contributed by atoms with Gasteiger partial charge in [0.05, 0.1) is 6.54 Å². The molecule has 0 saturated carbocycles. The predicted molar refractivity (Wildman–Crippen MR) is 70.2 cm³/mol. The van der Waals surface area contributed by atoms with Gasteiger partial charge in [-0.3, -0.25) is 0 Å². The molecule has 96 valence electrons. The minimum absolute atomic E-state index is 0.569. The van der Waals surface area contributed by atoms with Crippen LogP contribution in [0.2, 0.25) is 0 Å². The Hall–Kier alpha value is -2.63. The summed E-state index contributed by atoms with van der Waals surface area (Å²) in [5, 5.41) is 7.66. The lowest BCUT2D eigenvalue weighted by Gasteiger charge is -2.06. The Morgan fingerprint density at radius 1 is 1.32 bits per heavy atom. The molecule has 0 fully saturated rings. The molecule has 3 rings (SSSR count). The van der Waals surface area contributed by atoms with Crippen LogP contribution in [0, 0.1) is 6.92 Å². The second kappa shape index (κ2) is 4.56. The fourth-order valence-electron chi connectivity index (χ4n) is 1.93. The number of hydrogen-bond donors (Lipinski definition) is 1. The summed E-state index contributed by atoms with van der Waals surface area (Å²) in [6.45, 7) is 2.43. The molecule has 0 bridgehead atoms. The number of benzene rings is 1. The van der Waals surface area contributed by atoms with Crippen molar-refractivity contribution in [2.45, 2.75) is 13.5 Å². The van der Waals surface area contributed by atoms with Crippen molar-refractivity contribution in [3.63, 3.8) is 0 Å². The van der Waals surface area contributed by atoms with Gasteiger partial charge in [-0.15, -0.1) is 0 Å².